The van der Waals surface area contributed by atoms with Crippen molar-refractivity contribution in [2.75, 3.05) is 27.4 Å². The molecule has 38 heavy (non-hydrogen) atoms. The molecule has 0 bridgehead atoms. The zero-order valence-corrected chi connectivity index (χ0v) is 21.9. The van der Waals surface area contributed by atoms with Gasteiger partial charge in [-0.15, -0.1) is 0 Å². The highest BCUT2D eigenvalue weighted by Crippen LogP contribution is 2.23. The standard InChI is InChI=1S/2C12H20N2O5/c1-7-5-8(13)10(14-3-4-15)12(19-7)11(17)9(16)6-18-2;1-7-5-8(13)10(14-3-4-15)12(19-7)11(18-2)9(17)6-16/h2*3,5,8-12,14,16-17H,6,13H2,1-2H3/t2*8?,9?,10?,11?,12-/m11/s1. The average Bonchev–Trinajstić information content (AvgIpc) is 2.87. The fraction of sp³-hybridized carbons (Fsp3) is 0.667. The van der Waals surface area contributed by atoms with E-state index in [9.17, 15) is 24.9 Å². The number of ether oxygens (including phenoxy) is 4. The van der Waals surface area contributed by atoms with Gasteiger partial charge in [0, 0.05) is 14.2 Å². The summed E-state index contributed by atoms with van der Waals surface area (Å²) in [4.78, 5) is 20.6. The van der Waals surface area contributed by atoms with Crippen LogP contribution in [0.3, 0.4) is 0 Å². The molecule has 0 aliphatic carbocycles. The number of hydrogen-bond acceptors (Lipinski definition) is 14. The number of allylic oxidation sites excluding steroid dienone is 2. The van der Waals surface area contributed by atoms with Crippen LogP contribution in [-0.4, -0.2) is 121 Å². The van der Waals surface area contributed by atoms with Crippen LogP contribution in [0.15, 0.2) is 36.1 Å². The molecule has 2 aliphatic rings. The number of methoxy groups -OCH3 is 2. The summed E-state index contributed by atoms with van der Waals surface area (Å²) in [6.45, 7) is 2.94. The normalized spacial score (nSPS) is 29.5. The van der Waals surface area contributed by atoms with Crippen LogP contribution in [0.1, 0.15) is 13.8 Å². The van der Waals surface area contributed by atoms with Gasteiger partial charge >= 0.3 is 0 Å². The first-order valence-electron chi connectivity index (χ1n) is 11.8. The molecule has 0 radical (unpaired) electrons. The van der Waals surface area contributed by atoms with Crippen molar-refractivity contribution in [2.45, 2.75) is 74.6 Å². The van der Waals surface area contributed by atoms with Crippen LogP contribution in [0, 0.1) is 0 Å². The third-order valence-corrected chi connectivity index (χ3v) is 5.94. The smallest absolute Gasteiger partial charge is 0.149 e. The van der Waals surface area contributed by atoms with Crippen LogP contribution in [-0.2, 0) is 28.5 Å². The second-order valence-electron chi connectivity index (χ2n) is 8.75. The predicted molar refractivity (Wildman–Crippen MR) is 135 cm³/mol. The minimum atomic E-state index is -1.20. The maximum Gasteiger partial charge on any atom is 0.149 e. The molecule has 0 fully saturated rings. The Labute approximate surface area is 221 Å². The van der Waals surface area contributed by atoms with Gasteiger partial charge in [0.2, 0.25) is 0 Å². The number of aliphatic hydroxyl groups excluding tert-OH is 4. The highest BCUT2D eigenvalue weighted by Gasteiger charge is 2.41. The van der Waals surface area contributed by atoms with E-state index in [4.69, 9.17) is 35.5 Å². The molecule has 2 aliphatic heterocycles. The maximum absolute atomic E-state index is 10.3. The molecule has 0 saturated heterocycles. The Morgan fingerprint density at radius 2 is 1.42 bits per heavy atom. The molecule has 2 rings (SSSR count). The lowest BCUT2D eigenvalue weighted by atomic mass is 9.93. The van der Waals surface area contributed by atoms with Gasteiger partial charge in [-0.25, -0.2) is 9.59 Å². The van der Waals surface area contributed by atoms with Crippen LogP contribution >= 0.6 is 0 Å². The summed E-state index contributed by atoms with van der Waals surface area (Å²) >= 11 is 0. The van der Waals surface area contributed by atoms with Crippen molar-refractivity contribution in [3.8, 4) is 0 Å². The number of carbonyl (C=O) groups excluding carboxylic acids is 2. The van der Waals surface area contributed by atoms with E-state index in [1.165, 1.54) is 14.2 Å². The van der Waals surface area contributed by atoms with Gasteiger partial charge in [-0.3, -0.25) is 0 Å². The number of nitrogens with two attached hydrogens (primary N) is 2. The maximum atomic E-state index is 10.3. The van der Waals surface area contributed by atoms with Crippen molar-refractivity contribution in [2.24, 2.45) is 11.5 Å². The highest BCUT2D eigenvalue weighted by atomic mass is 16.5. The number of hydrogen-bond donors (Lipinski definition) is 8. The molecule has 2 heterocycles. The van der Waals surface area contributed by atoms with E-state index in [0.29, 0.717) is 11.5 Å². The van der Waals surface area contributed by atoms with Crippen LogP contribution in [0.25, 0.3) is 0 Å². The molecule has 0 aromatic rings. The molecule has 0 saturated carbocycles. The first kappa shape index (κ1) is 33.3. The Kier molecular flexibility index (Phi) is 14.9. The Morgan fingerprint density at radius 3 is 1.84 bits per heavy atom. The summed E-state index contributed by atoms with van der Waals surface area (Å²) in [6.07, 6.45) is -0.128. The van der Waals surface area contributed by atoms with Gasteiger partial charge in [0.25, 0.3) is 0 Å². The lowest BCUT2D eigenvalue weighted by Crippen LogP contribution is -2.60. The number of nitrogens with one attached hydrogen (secondary N) is 2. The molecule has 0 aromatic heterocycles. The van der Waals surface area contributed by atoms with Crippen molar-refractivity contribution < 1.29 is 49.0 Å². The largest absolute Gasteiger partial charge is 0.490 e. The van der Waals surface area contributed by atoms with E-state index >= 15 is 0 Å². The molecular formula is C24H40N4O10. The molecule has 0 aromatic carbocycles. The van der Waals surface area contributed by atoms with E-state index in [1.54, 1.807) is 37.9 Å². The van der Waals surface area contributed by atoms with Gasteiger partial charge in [0.05, 0.1) is 61.3 Å². The third kappa shape index (κ3) is 9.53. The van der Waals surface area contributed by atoms with Crippen molar-refractivity contribution in [3.05, 3.63) is 36.1 Å². The Bertz CT molecular complexity index is 874. The molecule has 8 unspecified atom stereocenters. The predicted octanol–water partition coefficient (Wildman–Crippen LogP) is -3.42. The lowest BCUT2D eigenvalue weighted by Gasteiger charge is -2.40. The van der Waals surface area contributed by atoms with Crippen LogP contribution in [0.5, 0.6) is 0 Å². The SMILES string of the molecule is COC(C(O)CO)[C@@H]1OC(C)=CC(N)C1NC=C=O.COCC(O)C(O)[C@@H]1OC(C)=CC(N)C1NC=C=O. The minimum absolute atomic E-state index is 0.0325. The van der Waals surface area contributed by atoms with Crippen molar-refractivity contribution in [1.82, 2.24) is 10.6 Å². The summed E-state index contributed by atoms with van der Waals surface area (Å²) in [5.74, 6) is 4.32. The van der Waals surface area contributed by atoms with Gasteiger partial charge in [-0.05, 0) is 26.0 Å². The van der Waals surface area contributed by atoms with Gasteiger partial charge in [-0.1, -0.05) is 0 Å². The monoisotopic (exact) mass is 544 g/mol. The first-order valence-corrected chi connectivity index (χ1v) is 11.8. The molecule has 10 N–H and O–H groups in total. The van der Waals surface area contributed by atoms with Crippen molar-refractivity contribution in [1.29, 1.82) is 0 Å². The summed E-state index contributed by atoms with van der Waals surface area (Å²) in [7, 11) is 2.82. The van der Waals surface area contributed by atoms with Crippen LogP contribution in [0.2, 0.25) is 0 Å². The van der Waals surface area contributed by atoms with Gasteiger partial charge in [0.1, 0.15) is 48.5 Å². The minimum Gasteiger partial charge on any atom is -0.490 e. The fourth-order valence-corrected chi connectivity index (χ4v) is 4.17. The van der Waals surface area contributed by atoms with E-state index in [-0.39, 0.29) is 6.61 Å². The van der Waals surface area contributed by atoms with Crippen LogP contribution in [0.4, 0.5) is 0 Å². The fourth-order valence-electron chi connectivity index (χ4n) is 4.17. The van der Waals surface area contributed by atoms with Gasteiger partial charge in [-0.2, -0.15) is 0 Å². The second kappa shape index (κ2) is 17.0. The highest BCUT2D eigenvalue weighted by molar-refractivity contribution is 5.44. The first-order chi connectivity index (χ1) is 18.1. The van der Waals surface area contributed by atoms with Gasteiger partial charge in [0.15, 0.2) is 0 Å². The van der Waals surface area contributed by atoms with Crippen molar-refractivity contribution >= 4 is 11.9 Å². The van der Waals surface area contributed by atoms with E-state index in [2.05, 4.69) is 10.6 Å². The molecule has 10 atom stereocenters. The molecular weight excluding hydrogens is 504 g/mol. The second-order valence-corrected chi connectivity index (χ2v) is 8.75. The zero-order chi connectivity index (χ0) is 28.8. The van der Waals surface area contributed by atoms with Crippen LogP contribution < -0.4 is 22.1 Å². The Hall–Kier alpha value is -2.74. The quantitative estimate of drug-likeness (QED) is 0.112. The van der Waals surface area contributed by atoms with E-state index in [1.807, 2.05) is 0 Å². The van der Waals surface area contributed by atoms with Crippen molar-refractivity contribution in [3.63, 3.8) is 0 Å². The topological polar surface area (TPSA) is 228 Å². The number of aliphatic hydroxyl groups is 4. The molecule has 14 heteroatoms. The molecule has 0 spiro atoms. The lowest BCUT2D eigenvalue weighted by molar-refractivity contribution is -0.118. The Balaban J connectivity index is 0.000000380. The number of rotatable bonds is 12. The van der Waals surface area contributed by atoms with Gasteiger partial charge < -0.3 is 61.5 Å². The zero-order valence-electron chi connectivity index (χ0n) is 21.9. The van der Waals surface area contributed by atoms with E-state index < -0.39 is 67.4 Å². The van der Waals surface area contributed by atoms with E-state index in [0.717, 1.165) is 12.4 Å². The summed E-state index contributed by atoms with van der Waals surface area (Å²) in [5, 5.41) is 44.1. The molecule has 14 nitrogen and oxygen atoms in total. The summed E-state index contributed by atoms with van der Waals surface area (Å²) in [5.41, 5.74) is 11.9. The third-order valence-electron chi connectivity index (χ3n) is 5.94. The average molecular weight is 545 g/mol. The molecule has 216 valence electrons. The molecule has 0 amide bonds. The summed E-state index contributed by atoms with van der Waals surface area (Å²) in [6, 6.07) is -1.91. The Morgan fingerprint density at radius 1 is 0.947 bits per heavy atom. The summed E-state index contributed by atoms with van der Waals surface area (Å²) < 4.78 is 21.1.